The standard InChI is InChI=1S/C14H12BrNO3/c1-9-6-13(16-8-11(9)15)19-12-5-3-2-4-10(12)7-14(17)18/h2-6,8H,7H2,1H3,(H,17,18). The summed E-state index contributed by atoms with van der Waals surface area (Å²) in [4.78, 5) is 14.9. The van der Waals surface area contributed by atoms with Crippen LogP contribution >= 0.6 is 15.9 Å². The molecule has 4 nitrogen and oxygen atoms in total. The predicted octanol–water partition coefficient (Wildman–Crippen LogP) is 3.57. The Morgan fingerprint density at radius 3 is 2.84 bits per heavy atom. The number of rotatable bonds is 4. The molecule has 1 aromatic carbocycles. The number of halogens is 1. The van der Waals surface area contributed by atoms with Crippen molar-refractivity contribution in [2.24, 2.45) is 0 Å². The quantitative estimate of drug-likeness (QED) is 0.935. The molecule has 0 amide bonds. The molecular formula is C14H12BrNO3. The van der Waals surface area contributed by atoms with Gasteiger partial charge in [-0.3, -0.25) is 4.79 Å². The van der Waals surface area contributed by atoms with Crippen LogP contribution < -0.4 is 4.74 Å². The minimum absolute atomic E-state index is 0.0777. The molecular weight excluding hydrogens is 310 g/mol. The van der Waals surface area contributed by atoms with Crippen molar-refractivity contribution in [1.82, 2.24) is 4.98 Å². The molecule has 19 heavy (non-hydrogen) atoms. The van der Waals surface area contributed by atoms with E-state index in [1.165, 1.54) is 0 Å². The summed E-state index contributed by atoms with van der Waals surface area (Å²) in [5, 5.41) is 8.86. The molecule has 0 atom stereocenters. The zero-order valence-electron chi connectivity index (χ0n) is 10.3. The Labute approximate surface area is 119 Å². The highest BCUT2D eigenvalue weighted by atomic mass is 79.9. The average molecular weight is 322 g/mol. The van der Waals surface area contributed by atoms with E-state index < -0.39 is 5.97 Å². The van der Waals surface area contributed by atoms with Gasteiger partial charge in [-0.05, 0) is 34.5 Å². The Bertz CT molecular complexity index is 613. The van der Waals surface area contributed by atoms with Crippen LogP contribution in [0.15, 0.2) is 41.0 Å². The number of hydrogen-bond donors (Lipinski definition) is 1. The smallest absolute Gasteiger partial charge is 0.307 e. The number of carboxylic acids is 1. The van der Waals surface area contributed by atoms with Crippen LogP contribution in [0.1, 0.15) is 11.1 Å². The fraction of sp³-hybridized carbons (Fsp3) is 0.143. The van der Waals surface area contributed by atoms with Gasteiger partial charge in [-0.15, -0.1) is 0 Å². The fourth-order valence-corrected chi connectivity index (χ4v) is 1.81. The van der Waals surface area contributed by atoms with E-state index in [1.807, 2.05) is 6.92 Å². The third kappa shape index (κ3) is 3.54. The fourth-order valence-electron chi connectivity index (χ4n) is 1.59. The monoisotopic (exact) mass is 321 g/mol. The first-order chi connectivity index (χ1) is 9.06. The Kier molecular flexibility index (Phi) is 4.16. The van der Waals surface area contributed by atoms with Crippen molar-refractivity contribution in [2.75, 3.05) is 0 Å². The third-order valence-corrected chi connectivity index (χ3v) is 3.38. The summed E-state index contributed by atoms with van der Waals surface area (Å²) in [5.74, 6) is 0.0636. The lowest BCUT2D eigenvalue weighted by molar-refractivity contribution is -0.136. The van der Waals surface area contributed by atoms with Crippen molar-refractivity contribution in [3.8, 4) is 11.6 Å². The molecule has 0 fully saturated rings. The molecule has 0 unspecified atom stereocenters. The molecule has 0 aliphatic heterocycles. The summed E-state index contributed by atoms with van der Waals surface area (Å²) in [6, 6.07) is 8.84. The van der Waals surface area contributed by atoms with Gasteiger partial charge in [0.15, 0.2) is 0 Å². The summed E-state index contributed by atoms with van der Waals surface area (Å²) in [7, 11) is 0. The molecule has 1 aromatic heterocycles. The topological polar surface area (TPSA) is 59.4 Å². The van der Waals surface area contributed by atoms with E-state index in [1.54, 1.807) is 36.5 Å². The van der Waals surface area contributed by atoms with Crippen LogP contribution in [-0.4, -0.2) is 16.1 Å². The van der Waals surface area contributed by atoms with Gasteiger partial charge < -0.3 is 9.84 Å². The number of ether oxygens (including phenoxy) is 1. The Morgan fingerprint density at radius 2 is 2.16 bits per heavy atom. The highest BCUT2D eigenvalue weighted by molar-refractivity contribution is 9.10. The van der Waals surface area contributed by atoms with E-state index in [9.17, 15) is 4.79 Å². The molecule has 0 spiro atoms. The number of pyridine rings is 1. The Morgan fingerprint density at radius 1 is 1.42 bits per heavy atom. The van der Waals surface area contributed by atoms with E-state index in [2.05, 4.69) is 20.9 Å². The normalized spacial score (nSPS) is 10.2. The van der Waals surface area contributed by atoms with Crippen LogP contribution in [-0.2, 0) is 11.2 Å². The van der Waals surface area contributed by atoms with Gasteiger partial charge in [0, 0.05) is 22.3 Å². The Hall–Kier alpha value is -1.88. The molecule has 0 saturated heterocycles. The van der Waals surface area contributed by atoms with Crippen LogP contribution in [0.25, 0.3) is 0 Å². The zero-order valence-corrected chi connectivity index (χ0v) is 11.8. The molecule has 5 heteroatoms. The van der Waals surface area contributed by atoms with Crippen molar-refractivity contribution >= 4 is 21.9 Å². The highest BCUT2D eigenvalue weighted by Gasteiger charge is 2.09. The summed E-state index contributed by atoms with van der Waals surface area (Å²) >= 11 is 3.37. The SMILES string of the molecule is Cc1cc(Oc2ccccc2CC(=O)O)ncc1Br. The number of aromatic nitrogens is 1. The highest BCUT2D eigenvalue weighted by Crippen LogP contribution is 2.26. The van der Waals surface area contributed by atoms with Gasteiger partial charge in [0.05, 0.1) is 6.42 Å². The first-order valence-electron chi connectivity index (χ1n) is 5.66. The summed E-state index contributed by atoms with van der Waals surface area (Å²) in [6.07, 6.45) is 1.58. The van der Waals surface area contributed by atoms with Gasteiger partial charge in [0.25, 0.3) is 0 Å². The molecule has 1 N–H and O–H groups in total. The van der Waals surface area contributed by atoms with E-state index in [4.69, 9.17) is 9.84 Å². The van der Waals surface area contributed by atoms with Crippen molar-refractivity contribution in [3.63, 3.8) is 0 Å². The van der Waals surface area contributed by atoms with Crippen LogP contribution in [0, 0.1) is 6.92 Å². The molecule has 0 aliphatic rings. The lowest BCUT2D eigenvalue weighted by Gasteiger charge is -2.09. The number of carboxylic acid groups (broad SMARTS) is 1. The Balaban J connectivity index is 2.27. The van der Waals surface area contributed by atoms with Crippen molar-refractivity contribution in [1.29, 1.82) is 0 Å². The maximum atomic E-state index is 10.8. The molecule has 0 aliphatic carbocycles. The predicted molar refractivity (Wildman–Crippen MR) is 74.5 cm³/mol. The lowest BCUT2D eigenvalue weighted by Crippen LogP contribution is -2.02. The average Bonchev–Trinajstić information content (AvgIpc) is 2.36. The van der Waals surface area contributed by atoms with Gasteiger partial charge >= 0.3 is 5.97 Å². The van der Waals surface area contributed by atoms with E-state index in [0.29, 0.717) is 17.2 Å². The summed E-state index contributed by atoms with van der Waals surface area (Å²) in [5.41, 5.74) is 1.62. The van der Waals surface area contributed by atoms with Crippen LogP contribution in [0.5, 0.6) is 11.6 Å². The third-order valence-electron chi connectivity index (χ3n) is 2.55. The molecule has 0 bridgehead atoms. The number of benzene rings is 1. The molecule has 1 heterocycles. The second-order valence-electron chi connectivity index (χ2n) is 4.05. The lowest BCUT2D eigenvalue weighted by atomic mass is 10.1. The van der Waals surface area contributed by atoms with Gasteiger partial charge in [0.1, 0.15) is 5.75 Å². The summed E-state index contributed by atoms with van der Waals surface area (Å²) in [6.45, 7) is 1.93. The van der Waals surface area contributed by atoms with Crippen molar-refractivity contribution in [3.05, 3.63) is 52.1 Å². The zero-order chi connectivity index (χ0) is 13.8. The molecule has 0 saturated carbocycles. The van der Waals surface area contributed by atoms with Crippen molar-refractivity contribution < 1.29 is 14.6 Å². The minimum Gasteiger partial charge on any atom is -0.481 e. The number of hydrogen-bond acceptors (Lipinski definition) is 3. The summed E-state index contributed by atoms with van der Waals surface area (Å²) < 4.78 is 6.55. The molecule has 0 radical (unpaired) electrons. The number of aliphatic carboxylic acids is 1. The second kappa shape index (κ2) is 5.84. The first-order valence-corrected chi connectivity index (χ1v) is 6.45. The van der Waals surface area contributed by atoms with Gasteiger partial charge in [-0.1, -0.05) is 18.2 Å². The first kappa shape index (κ1) is 13.5. The van der Waals surface area contributed by atoms with E-state index in [-0.39, 0.29) is 6.42 Å². The molecule has 98 valence electrons. The number of carbonyl (C=O) groups is 1. The number of aryl methyl sites for hydroxylation is 1. The van der Waals surface area contributed by atoms with Crippen LogP contribution in [0.3, 0.4) is 0 Å². The number of nitrogens with zero attached hydrogens (tertiary/aromatic N) is 1. The molecule has 2 aromatic rings. The minimum atomic E-state index is -0.893. The van der Waals surface area contributed by atoms with Gasteiger partial charge in [-0.2, -0.15) is 0 Å². The molecule has 2 rings (SSSR count). The largest absolute Gasteiger partial charge is 0.481 e. The number of para-hydroxylation sites is 1. The van der Waals surface area contributed by atoms with Crippen molar-refractivity contribution in [2.45, 2.75) is 13.3 Å². The maximum absolute atomic E-state index is 10.8. The van der Waals surface area contributed by atoms with Crippen LogP contribution in [0.2, 0.25) is 0 Å². The maximum Gasteiger partial charge on any atom is 0.307 e. The van der Waals surface area contributed by atoms with E-state index >= 15 is 0 Å². The second-order valence-corrected chi connectivity index (χ2v) is 4.91. The van der Waals surface area contributed by atoms with Gasteiger partial charge in [-0.25, -0.2) is 4.98 Å². The van der Waals surface area contributed by atoms with Gasteiger partial charge in [0.2, 0.25) is 5.88 Å². The van der Waals surface area contributed by atoms with E-state index in [0.717, 1.165) is 10.0 Å². The van der Waals surface area contributed by atoms with Crippen LogP contribution in [0.4, 0.5) is 0 Å².